The number of thiocarbonyl (C=S) groups is 1. The standard InChI is InChI=1S/C19H19Cl2N3O3S/c1-12-5-2-3-6-14(12)18(26)22-19(28)24-23-17(25)7-4-10-27-16-9-8-13(20)11-15(16)21/h2-3,5-6,8-9,11H,4,7,10H2,1H3,(H,23,25)(H2,22,24,26,28). The van der Waals surface area contributed by atoms with Crippen LogP contribution in [0.5, 0.6) is 5.75 Å². The van der Waals surface area contributed by atoms with E-state index in [1.165, 1.54) is 0 Å². The Labute approximate surface area is 178 Å². The van der Waals surface area contributed by atoms with Gasteiger partial charge in [0.15, 0.2) is 5.11 Å². The lowest BCUT2D eigenvalue weighted by Crippen LogP contribution is -2.48. The Morgan fingerprint density at radius 1 is 1.11 bits per heavy atom. The number of ether oxygens (including phenoxy) is 1. The molecule has 0 bridgehead atoms. The molecule has 2 aromatic rings. The molecule has 9 heteroatoms. The van der Waals surface area contributed by atoms with Gasteiger partial charge in [0, 0.05) is 17.0 Å². The molecule has 0 aliphatic heterocycles. The van der Waals surface area contributed by atoms with Crippen LogP contribution in [0, 0.1) is 6.92 Å². The molecular formula is C19H19Cl2N3O3S. The highest BCUT2D eigenvalue weighted by molar-refractivity contribution is 7.80. The fraction of sp³-hybridized carbons (Fsp3) is 0.211. The first-order valence-corrected chi connectivity index (χ1v) is 9.57. The summed E-state index contributed by atoms with van der Waals surface area (Å²) in [4.78, 5) is 24.0. The molecule has 0 unspecified atom stereocenters. The van der Waals surface area contributed by atoms with E-state index in [-0.39, 0.29) is 23.3 Å². The van der Waals surface area contributed by atoms with E-state index < -0.39 is 0 Å². The van der Waals surface area contributed by atoms with Crippen molar-refractivity contribution in [1.29, 1.82) is 0 Å². The number of carbonyl (C=O) groups is 2. The van der Waals surface area contributed by atoms with E-state index in [0.29, 0.717) is 34.4 Å². The minimum Gasteiger partial charge on any atom is -0.492 e. The minimum atomic E-state index is -0.349. The molecule has 0 radical (unpaired) electrons. The average Bonchev–Trinajstić information content (AvgIpc) is 2.65. The Balaban J connectivity index is 1.66. The first-order chi connectivity index (χ1) is 13.4. The average molecular weight is 440 g/mol. The van der Waals surface area contributed by atoms with Crippen molar-refractivity contribution in [3.63, 3.8) is 0 Å². The Morgan fingerprint density at radius 3 is 2.57 bits per heavy atom. The van der Waals surface area contributed by atoms with Crippen molar-refractivity contribution in [3.8, 4) is 5.75 Å². The van der Waals surface area contributed by atoms with Crippen molar-refractivity contribution in [2.45, 2.75) is 19.8 Å². The Bertz CT molecular complexity index is 877. The summed E-state index contributed by atoms with van der Waals surface area (Å²) in [5, 5.41) is 3.45. The van der Waals surface area contributed by atoms with Crippen molar-refractivity contribution < 1.29 is 14.3 Å². The van der Waals surface area contributed by atoms with Gasteiger partial charge in [-0.3, -0.25) is 25.8 Å². The molecule has 6 nitrogen and oxygen atoms in total. The zero-order chi connectivity index (χ0) is 20.5. The summed E-state index contributed by atoms with van der Waals surface area (Å²) in [6.45, 7) is 2.13. The van der Waals surface area contributed by atoms with Crippen LogP contribution >= 0.6 is 35.4 Å². The second-order valence-electron chi connectivity index (χ2n) is 5.80. The summed E-state index contributed by atoms with van der Waals surface area (Å²) in [5.41, 5.74) is 6.26. The molecule has 2 rings (SSSR count). The van der Waals surface area contributed by atoms with Crippen LogP contribution in [0.4, 0.5) is 0 Å². The van der Waals surface area contributed by atoms with Crippen molar-refractivity contribution in [1.82, 2.24) is 16.2 Å². The maximum Gasteiger partial charge on any atom is 0.257 e. The number of aryl methyl sites for hydroxylation is 1. The lowest BCUT2D eigenvalue weighted by molar-refractivity contribution is -0.121. The summed E-state index contributed by atoms with van der Waals surface area (Å²) >= 11 is 16.8. The van der Waals surface area contributed by atoms with Gasteiger partial charge in [0.1, 0.15) is 5.75 Å². The van der Waals surface area contributed by atoms with Crippen molar-refractivity contribution >= 4 is 52.3 Å². The van der Waals surface area contributed by atoms with E-state index in [1.807, 2.05) is 19.1 Å². The topological polar surface area (TPSA) is 79.5 Å². The molecule has 0 saturated heterocycles. The number of hydrazine groups is 1. The van der Waals surface area contributed by atoms with Crippen LogP contribution in [0.25, 0.3) is 0 Å². The van der Waals surface area contributed by atoms with E-state index >= 15 is 0 Å². The lowest BCUT2D eigenvalue weighted by atomic mass is 10.1. The zero-order valence-electron chi connectivity index (χ0n) is 15.1. The molecule has 28 heavy (non-hydrogen) atoms. The number of carbonyl (C=O) groups excluding carboxylic acids is 2. The van der Waals surface area contributed by atoms with Crippen LogP contribution in [-0.4, -0.2) is 23.5 Å². The zero-order valence-corrected chi connectivity index (χ0v) is 17.4. The predicted molar refractivity (Wildman–Crippen MR) is 114 cm³/mol. The van der Waals surface area contributed by atoms with E-state index in [1.54, 1.807) is 30.3 Å². The summed E-state index contributed by atoms with van der Waals surface area (Å²) < 4.78 is 5.51. The minimum absolute atomic E-state index is 0.00537. The fourth-order valence-corrected chi connectivity index (χ4v) is 2.83. The fourth-order valence-electron chi connectivity index (χ4n) is 2.23. The maximum atomic E-state index is 12.1. The van der Waals surface area contributed by atoms with Gasteiger partial charge in [-0.25, -0.2) is 0 Å². The number of rotatable bonds is 6. The number of nitrogens with one attached hydrogen (secondary N) is 3. The third kappa shape index (κ3) is 6.99. The molecule has 0 aliphatic rings. The smallest absolute Gasteiger partial charge is 0.257 e. The molecule has 148 valence electrons. The molecule has 0 atom stereocenters. The van der Waals surface area contributed by atoms with Crippen LogP contribution in [0.3, 0.4) is 0 Å². The molecule has 0 fully saturated rings. The van der Waals surface area contributed by atoms with Crippen LogP contribution in [-0.2, 0) is 4.79 Å². The van der Waals surface area contributed by atoms with Gasteiger partial charge >= 0.3 is 0 Å². The molecule has 0 aliphatic carbocycles. The Hall–Kier alpha value is -2.35. The molecule has 3 N–H and O–H groups in total. The normalized spacial score (nSPS) is 10.1. The largest absolute Gasteiger partial charge is 0.492 e. The van der Waals surface area contributed by atoms with Gasteiger partial charge in [0.25, 0.3) is 5.91 Å². The van der Waals surface area contributed by atoms with Crippen molar-refractivity contribution in [2.24, 2.45) is 0 Å². The highest BCUT2D eigenvalue weighted by Crippen LogP contribution is 2.27. The van der Waals surface area contributed by atoms with E-state index in [9.17, 15) is 9.59 Å². The van der Waals surface area contributed by atoms with Gasteiger partial charge in [-0.05, 0) is 55.4 Å². The van der Waals surface area contributed by atoms with Crippen molar-refractivity contribution in [2.75, 3.05) is 6.61 Å². The van der Waals surface area contributed by atoms with Crippen molar-refractivity contribution in [3.05, 3.63) is 63.6 Å². The third-order valence-electron chi connectivity index (χ3n) is 3.63. The maximum absolute atomic E-state index is 12.1. The lowest BCUT2D eigenvalue weighted by Gasteiger charge is -2.12. The Kier molecular flexibility index (Phi) is 8.50. The van der Waals surface area contributed by atoms with E-state index in [0.717, 1.165) is 5.56 Å². The molecule has 0 aromatic heterocycles. The highest BCUT2D eigenvalue weighted by Gasteiger charge is 2.10. The molecular weight excluding hydrogens is 421 g/mol. The second-order valence-corrected chi connectivity index (χ2v) is 7.05. The Morgan fingerprint density at radius 2 is 1.86 bits per heavy atom. The van der Waals surface area contributed by atoms with E-state index in [2.05, 4.69) is 16.2 Å². The van der Waals surface area contributed by atoms with Crippen LogP contribution in [0.15, 0.2) is 42.5 Å². The summed E-state index contributed by atoms with van der Waals surface area (Å²) in [6.07, 6.45) is 0.668. The monoisotopic (exact) mass is 439 g/mol. The SMILES string of the molecule is Cc1ccccc1C(=O)NC(=S)NNC(=O)CCCOc1ccc(Cl)cc1Cl. The quantitative estimate of drug-likeness (QED) is 0.362. The van der Waals surface area contributed by atoms with Gasteiger partial charge in [0.2, 0.25) is 5.91 Å². The number of hydrogen-bond donors (Lipinski definition) is 3. The molecule has 0 spiro atoms. The van der Waals surface area contributed by atoms with E-state index in [4.69, 9.17) is 40.2 Å². The molecule has 0 saturated carbocycles. The predicted octanol–water partition coefficient (Wildman–Crippen LogP) is 3.80. The third-order valence-corrected chi connectivity index (χ3v) is 4.37. The van der Waals surface area contributed by atoms with Crippen LogP contribution in [0.1, 0.15) is 28.8 Å². The first kappa shape index (κ1) is 21.9. The molecule has 0 heterocycles. The highest BCUT2D eigenvalue weighted by atomic mass is 35.5. The number of hydrogen-bond acceptors (Lipinski definition) is 4. The number of benzene rings is 2. The molecule has 2 aromatic carbocycles. The number of amides is 2. The van der Waals surface area contributed by atoms with Gasteiger partial charge in [-0.15, -0.1) is 0 Å². The summed E-state index contributed by atoms with van der Waals surface area (Å²) in [5.74, 6) is -0.138. The van der Waals surface area contributed by atoms with Gasteiger partial charge in [-0.2, -0.15) is 0 Å². The van der Waals surface area contributed by atoms with Gasteiger partial charge in [0.05, 0.1) is 11.6 Å². The van der Waals surface area contributed by atoms with Gasteiger partial charge in [-0.1, -0.05) is 41.4 Å². The van der Waals surface area contributed by atoms with Crippen LogP contribution < -0.4 is 20.9 Å². The van der Waals surface area contributed by atoms with Gasteiger partial charge < -0.3 is 4.74 Å². The first-order valence-electron chi connectivity index (χ1n) is 8.40. The number of halogens is 2. The summed E-state index contributed by atoms with van der Waals surface area (Å²) in [7, 11) is 0. The molecule has 2 amide bonds. The summed E-state index contributed by atoms with van der Waals surface area (Å²) in [6, 6.07) is 12.0. The van der Waals surface area contributed by atoms with Crippen LogP contribution in [0.2, 0.25) is 10.0 Å². The second kappa shape index (κ2) is 10.8.